The first-order valence-electron chi connectivity index (χ1n) is 9.36. The number of aryl methyl sites for hydroxylation is 2. The van der Waals surface area contributed by atoms with Gasteiger partial charge in [0.05, 0.1) is 4.90 Å². The fourth-order valence-corrected chi connectivity index (χ4v) is 4.82. The summed E-state index contributed by atoms with van der Waals surface area (Å²) in [5, 5.41) is 2.89. The largest absolute Gasteiger partial charge is 0.326 e. The van der Waals surface area contributed by atoms with Gasteiger partial charge in [-0.1, -0.05) is 37.5 Å². The minimum atomic E-state index is -3.75. The SMILES string of the molecule is Cc1cccc(NS(=O)(=O)c2cc(NC(=O)C3CCCCC3)ccc2C)c1. The third-order valence-electron chi connectivity index (χ3n) is 4.99. The van der Waals surface area contributed by atoms with Crippen molar-refractivity contribution in [2.75, 3.05) is 10.0 Å². The number of amides is 1. The van der Waals surface area contributed by atoms with E-state index in [1.54, 1.807) is 37.3 Å². The van der Waals surface area contributed by atoms with Gasteiger partial charge >= 0.3 is 0 Å². The van der Waals surface area contributed by atoms with Crippen LogP contribution in [-0.4, -0.2) is 14.3 Å². The molecule has 2 N–H and O–H groups in total. The number of rotatable bonds is 5. The zero-order valence-electron chi connectivity index (χ0n) is 15.8. The van der Waals surface area contributed by atoms with Gasteiger partial charge < -0.3 is 5.32 Å². The van der Waals surface area contributed by atoms with Crippen LogP contribution in [0.5, 0.6) is 0 Å². The van der Waals surface area contributed by atoms with Crippen molar-refractivity contribution in [2.45, 2.75) is 50.8 Å². The van der Waals surface area contributed by atoms with Crippen LogP contribution in [0.25, 0.3) is 0 Å². The second-order valence-corrected chi connectivity index (χ2v) is 8.93. The summed E-state index contributed by atoms with van der Waals surface area (Å²) in [7, 11) is -3.75. The standard InChI is InChI=1S/C21H26N2O3S/c1-15-7-6-10-19(13-15)23-27(25,26)20-14-18(12-11-16(20)2)22-21(24)17-8-4-3-5-9-17/h6-7,10-14,17,23H,3-5,8-9H2,1-2H3,(H,22,24). The van der Waals surface area contributed by atoms with Gasteiger partial charge in [-0.3, -0.25) is 9.52 Å². The number of nitrogens with one attached hydrogen (secondary N) is 2. The average Bonchev–Trinajstić information content (AvgIpc) is 2.63. The molecule has 0 atom stereocenters. The van der Waals surface area contributed by atoms with Crippen molar-refractivity contribution in [1.29, 1.82) is 0 Å². The number of anilines is 2. The summed E-state index contributed by atoms with van der Waals surface area (Å²) in [6.07, 6.45) is 5.13. The van der Waals surface area contributed by atoms with E-state index in [0.29, 0.717) is 16.9 Å². The smallest absolute Gasteiger partial charge is 0.262 e. The molecule has 3 rings (SSSR count). The second-order valence-electron chi connectivity index (χ2n) is 7.28. The van der Waals surface area contributed by atoms with Crippen molar-refractivity contribution in [3.8, 4) is 0 Å². The number of carbonyl (C=O) groups is 1. The molecule has 0 aliphatic heterocycles. The highest BCUT2D eigenvalue weighted by molar-refractivity contribution is 7.92. The van der Waals surface area contributed by atoms with Crippen molar-refractivity contribution in [1.82, 2.24) is 0 Å². The van der Waals surface area contributed by atoms with E-state index in [-0.39, 0.29) is 16.7 Å². The minimum Gasteiger partial charge on any atom is -0.326 e. The van der Waals surface area contributed by atoms with Crippen LogP contribution in [-0.2, 0) is 14.8 Å². The molecule has 0 radical (unpaired) electrons. The zero-order valence-corrected chi connectivity index (χ0v) is 16.6. The first-order chi connectivity index (χ1) is 12.8. The van der Waals surface area contributed by atoms with Crippen LogP contribution in [0.3, 0.4) is 0 Å². The number of carbonyl (C=O) groups excluding carboxylic acids is 1. The lowest BCUT2D eigenvalue weighted by atomic mass is 9.88. The number of sulfonamides is 1. The molecule has 5 nitrogen and oxygen atoms in total. The van der Waals surface area contributed by atoms with Crippen LogP contribution in [0.1, 0.15) is 43.2 Å². The predicted molar refractivity (Wildman–Crippen MR) is 108 cm³/mol. The second kappa shape index (κ2) is 8.13. The van der Waals surface area contributed by atoms with E-state index in [1.165, 1.54) is 12.5 Å². The molecular weight excluding hydrogens is 360 g/mol. The average molecular weight is 387 g/mol. The van der Waals surface area contributed by atoms with Gasteiger partial charge in [0.15, 0.2) is 0 Å². The Balaban J connectivity index is 1.80. The van der Waals surface area contributed by atoms with Crippen molar-refractivity contribution in [3.05, 3.63) is 53.6 Å². The molecule has 1 aliphatic rings. The van der Waals surface area contributed by atoms with Crippen LogP contribution < -0.4 is 10.0 Å². The Bertz CT molecular complexity index is 932. The van der Waals surface area contributed by atoms with Gasteiger partial charge in [0.25, 0.3) is 10.0 Å². The molecule has 0 bridgehead atoms. The molecular formula is C21H26N2O3S. The maximum absolute atomic E-state index is 12.8. The summed E-state index contributed by atoms with van der Waals surface area (Å²) in [6, 6.07) is 12.2. The highest BCUT2D eigenvalue weighted by Crippen LogP contribution is 2.27. The normalized spacial score (nSPS) is 15.3. The molecule has 0 aromatic heterocycles. The number of hydrogen-bond donors (Lipinski definition) is 2. The van der Waals surface area contributed by atoms with Gasteiger partial charge in [0, 0.05) is 17.3 Å². The predicted octanol–water partition coefficient (Wildman–Crippen LogP) is 4.62. The lowest BCUT2D eigenvalue weighted by Gasteiger charge is -2.21. The first-order valence-corrected chi connectivity index (χ1v) is 10.8. The van der Waals surface area contributed by atoms with E-state index in [1.807, 2.05) is 13.0 Å². The Kier molecular flexibility index (Phi) is 5.85. The molecule has 0 spiro atoms. The topological polar surface area (TPSA) is 75.3 Å². The van der Waals surface area contributed by atoms with E-state index in [0.717, 1.165) is 31.2 Å². The molecule has 0 heterocycles. The third kappa shape index (κ3) is 4.89. The van der Waals surface area contributed by atoms with Crippen molar-refractivity contribution in [2.24, 2.45) is 5.92 Å². The first kappa shape index (κ1) is 19.4. The van der Waals surface area contributed by atoms with Gasteiger partial charge in [-0.2, -0.15) is 0 Å². The molecule has 1 fully saturated rings. The van der Waals surface area contributed by atoms with E-state index in [2.05, 4.69) is 10.0 Å². The monoisotopic (exact) mass is 386 g/mol. The number of hydrogen-bond acceptors (Lipinski definition) is 3. The van der Waals surface area contributed by atoms with Gasteiger partial charge in [-0.05, 0) is 62.1 Å². The van der Waals surface area contributed by atoms with E-state index in [9.17, 15) is 13.2 Å². The summed E-state index contributed by atoms with van der Waals surface area (Å²) >= 11 is 0. The maximum Gasteiger partial charge on any atom is 0.262 e. The Morgan fingerprint density at radius 2 is 1.70 bits per heavy atom. The van der Waals surface area contributed by atoms with Gasteiger partial charge in [0.1, 0.15) is 0 Å². The zero-order chi connectivity index (χ0) is 19.4. The Morgan fingerprint density at radius 1 is 0.963 bits per heavy atom. The van der Waals surface area contributed by atoms with Crippen LogP contribution in [0.2, 0.25) is 0 Å². The molecule has 144 valence electrons. The molecule has 1 amide bonds. The molecule has 1 saturated carbocycles. The molecule has 0 unspecified atom stereocenters. The molecule has 2 aromatic carbocycles. The van der Waals surface area contributed by atoms with Crippen LogP contribution in [0, 0.1) is 19.8 Å². The van der Waals surface area contributed by atoms with Crippen molar-refractivity contribution >= 4 is 27.3 Å². The molecule has 6 heteroatoms. The molecule has 2 aromatic rings. The van der Waals surface area contributed by atoms with E-state index in [4.69, 9.17) is 0 Å². The summed E-state index contributed by atoms with van der Waals surface area (Å²) in [6.45, 7) is 3.65. The van der Waals surface area contributed by atoms with E-state index < -0.39 is 10.0 Å². The lowest BCUT2D eigenvalue weighted by Crippen LogP contribution is -2.25. The van der Waals surface area contributed by atoms with Gasteiger partial charge in [-0.25, -0.2) is 8.42 Å². The summed E-state index contributed by atoms with van der Waals surface area (Å²) in [5.41, 5.74) is 2.64. The highest BCUT2D eigenvalue weighted by Gasteiger charge is 2.22. The fraction of sp³-hybridized carbons (Fsp3) is 0.381. The van der Waals surface area contributed by atoms with Gasteiger partial charge in [-0.15, -0.1) is 0 Å². The highest BCUT2D eigenvalue weighted by atomic mass is 32.2. The maximum atomic E-state index is 12.8. The Morgan fingerprint density at radius 3 is 2.41 bits per heavy atom. The summed E-state index contributed by atoms with van der Waals surface area (Å²) in [4.78, 5) is 12.6. The molecule has 0 saturated heterocycles. The summed E-state index contributed by atoms with van der Waals surface area (Å²) < 4.78 is 28.3. The van der Waals surface area contributed by atoms with E-state index >= 15 is 0 Å². The van der Waals surface area contributed by atoms with Gasteiger partial charge in [0.2, 0.25) is 5.91 Å². The third-order valence-corrected chi connectivity index (χ3v) is 6.51. The minimum absolute atomic E-state index is 0.0190. The van der Waals surface area contributed by atoms with Crippen LogP contribution >= 0.6 is 0 Å². The van der Waals surface area contributed by atoms with Crippen molar-refractivity contribution in [3.63, 3.8) is 0 Å². The Hall–Kier alpha value is -2.34. The van der Waals surface area contributed by atoms with Crippen molar-refractivity contribution < 1.29 is 13.2 Å². The lowest BCUT2D eigenvalue weighted by molar-refractivity contribution is -0.120. The Labute approximate surface area is 161 Å². The quantitative estimate of drug-likeness (QED) is 0.787. The fourth-order valence-electron chi connectivity index (χ4n) is 3.50. The number of benzene rings is 2. The molecule has 27 heavy (non-hydrogen) atoms. The summed E-state index contributed by atoms with van der Waals surface area (Å²) in [5.74, 6) is -0.000858. The van der Waals surface area contributed by atoms with Crippen LogP contribution in [0.15, 0.2) is 47.4 Å². The molecule has 1 aliphatic carbocycles. The van der Waals surface area contributed by atoms with Crippen LogP contribution in [0.4, 0.5) is 11.4 Å².